The van der Waals surface area contributed by atoms with Crippen LogP contribution in [0.5, 0.6) is 0 Å². The van der Waals surface area contributed by atoms with Gasteiger partial charge in [-0.15, -0.1) is 0 Å². The molecule has 190 valence electrons. The Balaban J connectivity index is 5.45. The van der Waals surface area contributed by atoms with Gasteiger partial charge in [0.05, 0.1) is 6.04 Å². The molecule has 4 atom stereocenters. The molecule has 0 bridgehead atoms. The molecule has 0 aromatic carbocycles. The minimum Gasteiger partial charge on any atom is -0.480 e. The van der Waals surface area contributed by atoms with E-state index in [0.717, 1.165) is 0 Å². The monoisotopic (exact) mass is 472 g/mol. The van der Waals surface area contributed by atoms with E-state index >= 15 is 0 Å². The fourth-order valence-electron chi connectivity index (χ4n) is 2.88. The predicted molar refractivity (Wildman–Crippen MR) is 125 cm³/mol. The van der Waals surface area contributed by atoms with Gasteiger partial charge in [-0.05, 0) is 51.5 Å². The number of aliphatic imine (C=N–C) groups is 1. The number of nitrogens with zero attached hydrogens (tertiary/aromatic N) is 1. The number of guanidine groups is 1. The molecular weight excluding hydrogens is 432 g/mol. The standard InChI is InChI=1S/C20H40N8O5/c1-11(2)15(28-16(29)12(3)22)18(31)26-13(8-6-10-25-20(23)24)17(30)27-14(19(32)33)7-4-5-9-21/h11-15H,4-10,21-22H2,1-3H3,(H,26,31)(H,27,30)(H,28,29)(H,32,33)(H4,23,24,25). The average molecular weight is 473 g/mol. The van der Waals surface area contributed by atoms with E-state index in [4.69, 9.17) is 22.9 Å². The van der Waals surface area contributed by atoms with Gasteiger partial charge < -0.3 is 44.0 Å². The zero-order valence-electron chi connectivity index (χ0n) is 19.7. The first-order valence-electron chi connectivity index (χ1n) is 11.1. The molecule has 0 saturated carbocycles. The van der Waals surface area contributed by atoms with Gasteiger partial charge in [0.25, 0.3) is 0 Å². The number of carboxylic acids is 1. The van der Waals surface area contributed by atoms with Crippen LogP contribution in [0.25, 0.3) is 0 Å². The van der Waals surface area contributed by atoms with Crippen molar-refractivity contribution in [2.24, 2.45) is 33.8 Å². The van der Waals surface area contributed by atoms with Crippen molar-refractivity contribution in [2.75, 3.05) is 13.1 Å². The molecule has 4 unspecified atom stereocenters. The van der Waals surface area contributed by atoms with Gasteiger partial charge in [-0.3, -0.25) is 19.4 Å². The number of rotatable bonds is 16. The Morgan fingerprint density at radius 2 is 1.42 bits per heavy atom. The summed E-state index contributed by atoms with van der Waals surface area (Å²) in [4.78, 5) is 53.2. The van der Waals surface area contributed by atoms with Crippen molar-refractivity contribution in [1.29, 1.82) is 0 Å². The van der Waals surface area contributed by atoms with Gasteiger partial charge in [-0.25, -0.2) is 4.79 Å². The third-order valence-electron chi connectivity index (χ3n) is 4.80. The lowest BCUT2D eigenvalue weighted by molar-refractivity contribution is -0.142. The summed E-state index contributed by atoms with van der Waals surface area (Å²) >= 11 is 0. The predicted octanol–water partition coefficient (Wildman–Crippen LogP) is -2.29. The molecule has 3 amide bonds. The van der Waals surface area contributed by atoms with Crippen LogP contribution in [0.2, 0.25) is 0 Å². The van der Waals surface area contributed by atoms with Crippen LogP contribution in [0.3, 0.4) is 0 Å². The maximum absolute atomic E-state index is 12.9. The number of carbonyl (C=O) groups is 4. The maximum atomic E-state index is 12.9. The maximum Gasteiger partial charge on any atom is 0.326 e. The number of hydrogen-bond donors (Lipinski definition) is 8. The molecule has 12 N–H and O–H groups in total. The molecule has 0 rings (SSSR count). The van der Waals surface area contributed by atoms with Crippen molar-refractivity contribution >= 4 is 29.7 Å². The average Bonchev–Trinajstić information content (AvgIpc) is 2.72. The summed E-state index contributed by atoms with van der Waals surface area (Å²) in [6, 6.07) is -3.93. The second-order valence-electron chi connectivity index (χ2n) is 8.21. The van der Waals surface area contributed by atoms with Gasteiger partial charge in [-0.1, -0.05) is 13.8 Å². The lowest BCUT2D eigenvalue weighted by Gasteiger charge is -2.26. The summed E-state index contributed by atoms with van der Waals surface area (Å²) < 4.78 is 0. The molecule has 0 radical (unpaired) electrons. The quantitative estimate of drug-likeness (QED) is 0.0683. The summed E-state index contributed by atoms with van der Waals surface area (Å²) in [5.74, 6) is -3.34. The number of aliphatic carboxylic acids is 1. The Labute approximate surface area is 194 Å². The summed E-state index contributed by atoms with van der Waals surface area (Å²) in [5.41, 5.74) is 21.6. The summed E-state index contributed by atoms with van der Waals surface area (Å²) in [7, 11) is 0. The Morgan fingerprint density at radius 3 is 1.91 bits per heavy atom. The van der Waals surface area contributed by atoms with Crippen LogP contribution < -0.4 is 38.9 Å². The number of unbranched alkanes of at least 4 members (excludes halogenated alkanes) is 1. The van der Waals surface area contributed by atoms with Gasteiger partial charge in [0.1, 0.15) is 18.1 Å². The molecule has 0 saturated heterocycles. The molecule has 0 aliphatic rings. The highest BCUT2D eigenvalue weighted by atomic mass is 16.4. The van der Waals surface area contributed by atoms with E-state index in [9.17, 15) is 24.3 Å². The van der Waals surface area contributed by atoms with E-state index in [2.05, 4.69) is 20.9 Å². The van der Waals surface area contributed by atoms with Crippen LogP contribution in [0.4, 0.5) is 0 Å². The van der Waals surface area contributed by atoms with Crippen LogP contribution in [-0.2, 0) is 19.2 Å². The van der Waals surface area contributed by atoms with Gasteiger partial charge in [0.15, 0.2) is 5.96 Å². The third kappa shape index (κ3) is 12.6. The van der Waals surface area contributed by atoms with Gasteiger partial charge >= 0.3 is 5.97 Å². The Morgan fingerprint density at radius 1 is 0.848 bits per heavy atom. The molecule has 0 aromatic rings. The third-order valence-corrected chi connectivity index (χ3v) is 4.80. The van der Waals surface area contributed by atoms with Crippen LogP contribution in [0.15, 0.2) is 4.99 Å². The van der Waals surface area contributed by atoms with E-state index < -0.39 is 47.9 Å². The Hall–Kier alpha value is -2.93. The van der Waals surface area contributed by atoms with Gasteiger partial charge in [0.2, 0.25) is 17.7 Å². The number of hydrogen-bond acceptors (Lipinski definition) is 7. The van der Waals surface area contributed by atoms with Gasteiger partial charge in [0, 0.05) is 6.54 Å². The highest BCUT2D eigenvalue weighted by Crippen LogP contribution is 2.07. The first-order chi connectivity index (χ1) is 15.4. The molecule has 0 heterocycles. The Bertz CT molecular complexity index is 679. The Kier molecular flexibility index (Phi) is 14.4. The molecule has 0 aliphatic carbocycles. The smallest absolute Gasteiger partial charge is 0.326 e. The first kappa shape index (κ1) is 30.1. The fourth-order valence-corrected chi connectivity index (χ4v) is 2.88. The van der Waals surface area contributed by atoms with Crippen molar-refractivity contribution < 1.29 is 24.3 Å². The van der Waals surface area contributed by atoms with E-state index in [-0.39, 0.29) is 31.3 Å². The van der Waals surface area contributed by atoms with Crippen LogP contribution in [0, 0.1) is 5.92 Å². The molecule has 33 heavy (non-hydrogen) atoms. The zero-order chi connectivity index (χ0) is 25.6. The minimum atomic E-state index is -1.18. The van der Waals surface area contributed by atoms with E-state index in [1.54, 1.807) is 13.8 Å². The van der Waals surface area contributed by atoms with Crippen LogP contribution in [0.1, 0.15) is 52.9 Å². The molecule has 0 fully saturated rings. The van der Waals surface area contributed by atoms with Crippen molar-refractivity contribution in [3.63, 3.8) is 0 Å². The lowest BCUT2D eigenvalue weighted by Crippen LogP contribution is -2.58. The number of amides is 3. The van der Waals surface area contributed by atoms with Crippen molar-refractivity contribution in [3.05, 3.63) is 0 Å². The second-order valence-corrected chi connectivity index (χ2v) is 8.21. The topological polar surface area (TPSA) is 241 Å². The second kappa shape index (κ2) is 15.8. The first-order valence-corrected chi connectivity index (χ1v) is 11.1. The minimum absolute atomic E-state index is 0.107. The number of carbonyl (C=O) groups excluding carboxylic acids is 3. The largest absolute Gasteiger partial charge is 0.480 e. The normalized spacial score (nSPS) is 14.5. The summed E-state index contributed by atoms with van der Waals surface area (Å²) in [6.07, 6.45) is 1.84. The van der Waals surface area contributed by atoms with E-state index in [1.165, 1.54) is 6.92 Å². The zero-order valence-corrected chi connectivity index (χ0v) is 19.7. The molecule has 0 spiro atoms. The molecule has 13 heteroatoms. The van der Waals surface area contributed by atoms with Crippen molar-refractivity contribution in [3.8, 4) is 0 Å². The SMILES string of the molecule is CC(N)C(=O)NC(C(=O)NC(CCCN=C(N)N)C(=O)NC(CCCCN)C(=O)O)C(C)C. The van der Waals surface area contributed by atoms with Crippen LogP contribution in [-0.4, -0.2) is 72.0 Å². The van der Waals surface area contributed by atoms with E-state index in [1.807, 2.05) is 0 Å². The van der Waals surface area contributed by atoms with Crippen molar-refractivity contribution in [1.82, 2.24) is 16.0 Å². The van der Waals surface area contributed by atoms with Crippen molar-refractivity contribution in [2.45, 2.75) is 77.0 Å². The van der Waals surface area contributed by atoms with Crippen LogP contribution >= 0.6 is 0 Å². The molecule has 0 aromatic heterocycles. The van der Waals surface area contributed by atoms with Gasteiger partial charge in [-0.2, -0.15) is 0 Å². The number of nitrogens with one attached hydrogen (secondary N) is 3. The molecule has 13 nitrogen and oxygen atoms in total. The molecule has 0 aliphatic heterocycles. The highest BCUT2D eigenvalue weighted by molar-refractivity contribution is 5.94. The number of carboxylic acid groups (broad SMARTS) is 1. The molecular formula is C20H40N8O5. The fraction of sp³-hybridized carbons (Fsp3) is 0.750. The lowest BCUT2D eigenvalue weighted by atomic mass is 10.0. The number of nitrogens with two attached hydrogens (primary N) is 4. The summed E-state index contributed by atoms with van der Waals surface area (Å²) in [6.45, 7) is 5.58. The highest BCUT2D eigenvalue weighted by Gasteiger charge is 2.31. The summed E-state index contributed by atoms with van der Waals surface area (Å²) in [5, 5.41) is 17.1. The van der Waals surface area contributed by atoms with E-state index in [0.29, 0.717) is 25.8 Å².